The summed E-state index contributed by atoms with van der Waals surface area (Å²) in [5.41, 5.74) is 1.36. The molecule has 0 amide bonds. The van der Waals surface area contributed by atoms with Crippen molar-refractivity contribution >= 4 is 26.8 Å². The summed E-state index contributed by atoms with van der Waals surface area (Å²) in [6.07, 6.45) is 6.46. The number of aromatic nitrogens is 1. The lowest BCUT2D eigenvalue weighted by atomic mass is 9.85. The van der Waals surface area contributed by atoms with Crippen LogP contribution in [0, 0.1) is 5.92 Å². The first-order chi connectivity index (χ1) is 7.33. The van der Waals surface area contributed by atoms with Crippen LogP contribution in [-0.4, -0.2) is 4.57 Å². The zero-order valence-corrected chi connectivity index (χ0v) is 10.2. The van der Waals surface area contributed by atoms with Crippen LogP contribution in [0.2, 0.25) is 0 Å². The molecule has 78 valence electrons. The number of hydrogen-bond donors (Lipinski definition) is 0. The maximum Gasteiger partial charge on any atom is 0.0491 e. The van der Waals surface area contributed by atoms with Crippen LogP contribution in [0.3, 0.4) is 0 Å². The van der Waals surface area contributed by atoms with Gasteiger partial charge in [0.15, 0.2) is 0 Å². The molecule has 1 aliphatic rings. The highest BCUT2D eigenvalue weighted by Crippen LogP contribution is 2.30. The third-order valence-electron chi connectivity index (χ3n) is 3.42. The fourth-order valence-corrected chi connectivity index (χ4v) is 2.62. The molecule has 0 radical (unpaired) electrons. The quantitative estimate of drug-likeness (QED) is 0.766. The molecule has 1 aromatic carbocycles. The molecule has 1 heterocycles. The fourth-order valence-electron chi connectivity index (χ4n) is 2.27. The van der Waals surface area contributed by atoms with E-state index in [-0.39, 0.29) is 0 Å². The first-order valence-corrected chi connectivity index (χ1v) is 6.36. The molecular formula is C13H14BrN. The molecule has 0 spiro atoms. The molecule has 0 bridgehead atoms. The molecule has 0 saturated heterocycles. The van der Waals surface area contributed by atoms with Crippen LogP contribution in [-0.2, 0) is 6.54 Å². The van der Waals surface area contributed by atoms with Crippen molar-refractivity contribution in [2.75, 3.05) is 0 Å². The average Bonchev–Trinajstić information content (AvgIpc) is 2.54. The molecule has 3 rings (SSSR count). The third kappa shape index (κ3) is 1.71. The number of rotatable bonds is 2. The van der Waals surface area contributed by atoms with Crippen molar-refractivity contribution in [2.24, 2.45) is 5.92 Å². The van der Waals surface area contributed by atoms with Crippen LogP contribution < -0.4 is 0 Å². The Morgan fingerprint density at radius 3 is 2.87 bits per heavy atom. The van der Waals surface area contributed by atoms with E-state index in [1.165, 1.54) is 41.2 Å². The van der Waals surface area contributed by atoms with Gasteiger partial charge in [-0.1, -0.05) is 28.4 Å². The van der Waals surface area contributed by atoms with Crippen molar-refractivity contribution in [3.63, 3.8) is 0 Å². The number of hydrogen-bond acceptors (Lipinski definition) is 0. The van der Waals surface area contributed by atoms with Gasteiger partial charge in [-0.2, -0.15) is 0 Å². The smallest absolute Gasteiger partial charge is 0.0491 e. The Balaban J connectivity index is 1.98. The molecule has 0 aliphatic heterocycles. The van der Waals surface area contributed by atoms with Crippen LogP contribution in [0.4, 0.5) is 0 Å². The van der Waals surface area contributed by atoms with Crippen molar-refractivity contribution in [1.29, 1.82) is 0 Å². The van der Waals surface area contributed by atoms with Gasteiger partial charge in [-0.25, -0.2) is 0 Å². The van der Waals surface area contributed by atoms with Crippen LogP contribution in [0.5, 0.6) is 0 Å². The summed E-state index contributed by atoms with van der Waals surface area (Å²) in [4.78, 5) is 0. The van der Waals surface area contributed by atoms with Gasteiger partial charge in [0.2, 0.25) is 0 Å². The average molecular weight is 264 g/mol. The van der Waals surface area contributed by atoms with Crippen molar-refractivity contribution in [3.8, 4) is 0 Å². The minimum Gasteiger partial charge on any atom is -0.347 e. The lowest BCUT2D eigenvalue weighted by molar-refractivity contribution is 0.280. The van der Waals surface area contributed by atoms with E-state index >= 15 is 0 Å². The number of nitrogens with zero attached hydrogens (tertiary/aromatic N) is 1. The van der Waals surface area contributed by atoms with Crippen molar-refractivity contribution in [1.82, 2.24) is 4.57 Å². The normalized spacial score (nSPS) is 16.9. The van der Waals surface area contributed by atoms with Gasteiger partial charge in [0, 0.05) is 22.7 Å². The second-order valence-electron chi connectivity index (χ2n) is 4.47. The molecule has 1 fully saturated rings. The Kier molecular flexibility index (Phi) is 2.32. The molecule has 1 aromatic heterocycles. The van der Waals surface area contributed by atoms with Crippen molar-refractivity contribution < 1.29 is 0 Å². The Labute approximate surface area is 98.2 Å². The summed E-state index contributed by atoms with van der Waals surface area (Å²) in [6.45, 7) is 1.19. The second-order valence-corrected chi connectivity index (χ2v) is 5.38. The third-order valence-corrected chi connectivity index (χ3v) is 3.91. The Morgan fingerprint density at radius 2 is 2.13 bits per heavy atom. The topological polar surface area (TPSA) is 4.93 Å². The highest BCUT2D eigenvalue weighted by atomic mass is 79.9. The number of benzene rings is 1. The van der Waals surface area contributed by atoms with Gasteiger partial charge < -0.3 is 4.57 Å². The minimum absolute atomic E-state index is 0.916. The molecule has 1 saturated carbocycles. The zero-order valence-electron chi connectivity index (χ0n) is 8.62. The standard InChI is InChI=1S/C13H14BrN/c14-12-5-4-11-6-7-15(13(11)8-12)9-10-2-1-3-10/h4-8,10H,1-3,9H2. The largest absolute Gasteiger partial charge is 0.347 e. The van der Waals surface area contributed by atoms with Gasteiger partial charge in [-0.3, -0.25) is 0 Å². The maximum atomic E-state index is 3.54. The Morgan fingerprint density at radius 1 is 1.27 bits per heavy atom. The molecule has 2 heteroatoms. The summed E-state index contributed by atoms with van der Waals surface area (Å²) < 4.78 is 3.56. The highest BCUT2D eigenvalue weighted by molar-refractivity contribution is 9.10. The van der Waals surface area contributed by atoms with Crippen molar-refractivity contribution in [2.45, 2.75) is 25.8 Å². The molecular weight excluding hydrogens is 250 g/mol. The van der Waals surface area contributed by atoms with E-state index in [1.807, 2.05) is 0 Å². The van der Waals surface area contributed by atoms with E-state index in [4.69, 9.17) is 0 Å². The van der Waals surface area contributed by atoms with Gasteiger partial charge in [0.05, 0.1) is 0 Å². The second kappa shape index (κ2) is 3.67. The number of halogens is 1. The molecule has 1 aliphatic carbocycles. The van der Waals surface area contributed by atoms with Crippen molar-refractivity contribution in [3.05, 3.63) is 34.9 Å². The van der Waals surface area contributed by atoms with Crippen LogP contribution in [0.25, 0.3) is 10.9 Å². The Hall–Kier alpha value is -0.760. The Bertz CT molecular complexity index is 482. The van der Waals surface area contributed by atoms with E-state index in [2.05, 4.69) is 51.0 Å². The van der Waals surface area contributed by atoms with Gasteiger partial charge in [0.25, 0.3) is 0 Å². The monoisotopic (exact) mass is 263 g/mol. The van der Waals surface area contributed by atoms with Crippen LogP contribution in [0.1, 0.15) is 19.3 Å². The van der Waals surface area contributed by atoms with E-state index in [0.29, 0.717) is 0 Å². The summed E-state index contributed by atoms with van der Waals surface area (Å²) >= 11 is 3.54. The summed E-state index contributed by atoms with van der Waals surface area (Å²) in [7, 11) is 0. The lowest BCUT2D eigenvalue weighted by Gasteiger charge is -2.26. The van der Waals surface area contributed by atoms with Gasteiger partial charge in [-0.15, -0.1) is 0 Å². The molecule has 15 heavy (non-hydrogen) atoms. The van der Waals surface area contributed by atoms with E-state index in [9.17, 15) is 0 Å². The maximum absolute atomic E-state index is 3.54. The molecule has 1 nitrogen and oxygen atoms in total. The molecule has 0 atom stereocenters. The van der Waals surface area contributed by atoms with Crippen LogP contribution in [0.15, 0.2) is 34.9 Å². The van der Waals surface area contributed by atoms with Gasteiger partial charge in [0.1, 0.15) is 0 Å². The molecule has 2 aromatic rings. The first kappa shape index (κ1) is 9.46. The predicted octanol–water partition coefficient (Wildman–Crippen LogP) is 4.20. The highest BCUT2D eigenvalue weighted by Gasteiger charge is 2.18. The van der Waals surface area contributed by atoms with E-state index < -0.39 is 0 Å². The zero-order chi connectivity index (χ0) is 10.3. The molecule has 0 N–H and O–H groups in total. The SMILES string of the molecule is Brc1ccc2ccn(CC3CCC3)c2c1. The summed E-state index contributed by atoms with van der Waals surface area (Å²) in [6, 6.07) is 8.71. The fraction of sp³-hybridized carbons (Fsp3) is 0.385. The summed E-state index contributed by atoms with van der Waals surface area (Å²) in [5.74, 6) is 0.916. The number of fused-ring (bicyclic) bond motifs is 1. The predicted molar refractivity (Wildman–Crippen MR) is 67.0 cm³/mol. The van der Waals surface area contributed by atoms with E-state index in [1.54, 1.807) is 0 Å². The molecule has 0 unspecified atom stereocenters. The summed E-state index contributed by atoms with van der Waals surface area (Å²) in [5, 5.41) is 1.34. The van der Waals surface area contributed by atoms with Crippen LogP contribution >= 0.6 is 15.9 Å². The minimum atomic E-state index is 0.916. The first-order valence-electron chi connectivity index (χ1n) is 5.57. The van der Waals surface area contributed by atoms with E-state index in [0.717, 1.165) is 5.92 Å². The van der Waals surface area contributed by atoms with Gasteiger partial charge in [-0.05, 0) is 42.3 Å². The lowest BCUT2D eigenvalue weighted by Crippen LogP contribution is -2.17. The van der Waals surface area contributed by atoms with Gasteiger partial charge >= 0.3 is 0 Å².